The molecule has 0 unspecified atom stereocenters. The van der Waals surface area contributed by atoms with E-state index in [4.69, 9.17) is 5.11 Å². The summed E-state index contributed by atoms with van der Waals surface area (Å²) in [6, 6.07) is 3.79. The van der Waals surface area contributed by atoms with Gasteiger partial charge in [0.15, 0.2) is 0 Å². The van der Waals surface area contributed by atoms with Crippen LogP contribution in [-0.2, 0) is 11.2 Å². The number of nitrogens with zero attached hydrogens (tertiary/aromatic N) is 1. The molecule has 0 atom stereocenters. The SMILES string of the molecule is CCc1cccnc1C(=O)NC1CCC(C(=O)O)CC1. The zero-order valence-electron chi connectivity index (χ0n) is 11.6. The Balaban J connectivity index is 1.94. The molecule has 1 aliphatic carbocycles. The van der Waals surface area contributed by atoms with Crippen LogP contribution in [0.1, 0.15) is 48.7 Å². The second kappa shape index (κ2) is 6.50. The highest BCUT2D eigenvalue weighted by Gasteiger charge is 2.27. The molecule has 1 aromatic rings. The van der Waals surface area contributed by atoms with Gasteiger partial charge in [0.1, 0.15) is 5.69 Å². The molecule has 0 saturated heterocycles. The molecule has 1 amide bonds. The zero-order valence-corrected chi connectivity index (χ0v) is 11.6. The molecule has 5 heteroatoms. The van der Waals surface area contributed by atoms with Crippen LogP contribution >= 0.6 is 0 Å². The molecule has 1 fully saturated rings. The van der Waals surface area contributed by atoms with Crippen LogP contribution in [-0.4, -0.2) is 28.0 Å². The van der Waals surface area contributed by atoms with E-state index < -0.39 is 5.97 Å². The lowest BCUT2D eigenvalue weighted by Gasteiger charge is -2.26. The second-order valence-electron chi connectivity index (χ2n) is 5.22. The van der Waals surface area contributed by atoms with E-state index in [1.807, 2.05) is 19.1 Å². The summed E-state index contributed by atoms with van der Waals surface area (Å²) in [4.78, 5) is 27.3. The smallest absolute Gasteiger partial charge is 0.306 e. The molecule has 108 valence electrons. The molecular weight excluding hydrogens is 256 g/mol. The van der Waals surface area contributed by atoms with E-state index in [1.54, 1.807) is 6.20 Å². The van der Waals surface area contributed by atoms with Crippen LogP contribution in [0.2, 0.25) is 0 Å². The lowest BCUT2D eigenvalue weighted by Crippen LogP contribution is -2.39. The van der Waals surface area contributed by atoms with E-state index >= 15 is 0 Å². The topological polar surface area (TPSA) is 79.3 Å². The van der Waals surface area contributed by atoms with E-state index in [9.17, 15) is 9.59 Å². The third kappa shape index (κ3) is 3.35. The first-order chi connectivity index (χ1) is 9.61. The number of nitrogens with one attached hydrogen (secondary N) is 1. The number of hydrogen-bond donors (Lipinski definition) is 2. The van der Waals surface area contributed by atoms with Crippen LogP contribution in [0.4, 0.5) is 0 Å². The number of carboxylic acid groups (broad SMARTS) is 1. The lowest BCUT2D eigenvalue weighted by molar-refractivity contribution is -0.142. The molecule has 5 nitrogen and oxygen atoms in total. The molecule has 1 aromatic heterocycles. The minimum absolute atomic E-state index is 0.0600. The highest BCUT2D eigenvalue weighted by atomic mass is 16.4. The van der Waals surface area contributed by atoms with Crippen molar-refractivity contribution in [3.63, 3.8) is 0 Å². The molecule has 20 heavy (non-hydrogen) atoms. The minimum atomic E-state index is -0.729. The Hall–Kier alpha value is -1.91. The maximum absolute atomic E-state index is 12.2. The summed E-state index contributed by atoms with van der Waals surface area (Å²) in [5.74, 6) is -1.14. The highest BCUT2D eigenvalue weighted by molar-refractivity contribution is 5.93. The van der Waals surface area contributed by atoms with E-state index in [0.29, 0.717) is 18.5 Å². The molecule has 1 heterocycles. The summed E-state index contributed by atoms with van der Waals surface area (Å²) < 4.78 is 0. The number of aromatic nitrogens is 1. The number of aryl methyl sites for hydroxylation is 1. The van der Waals surface area contributed by atoms with Gasteiger partial charge in [-0.1, -0.05) is 13.0 Å². The molecule has 2 rings (SSSR count). The second-order valence-corrected chi connectivity index (χ2v) is 5.22. The standard InChI is InChI=1S/C15H20N2O3/c1-2-10-4-3-9-16-13(10)14(18)17-12-7-5-11(6-8-12)15(19)20/h3-4,9,11-12H,2,5-8H2,1H3,(H,17,18)(H,19,20). The van der Waals surface area contributed by atoms with Gasteiger partial charge in [0, 0.05) is 12.2 Å². The van der Waals surface area contributed by atoms with Crippen molar-refractivity contribution in [2.75, 3.05) is 0 Å². The first kappa shape index (κ1) is 14.5. The summed E-state index contributed by atoms with van der Waals surface area (Å²) in [5.41, 5.74) is 1.42. The first-order valence-electron chi connectivity index (χ1n) is 7.09. The van der Waals surface area contributed by atoms with Crippen molar-refractivity contribution in [1.29, 1.82) is 0 Å². The predicted octanol–water partition coefficient (Wildman–Crippen LogP) is 2.02. The molecule has 0 aliphatic heterocycles. The van der Waals surface area contributed by atoms with Crippen LogP contribution in [0, 0.1) is 5.92 Å². The summed E-state index contributed by atoms with van der Waals surface area (Å²) in [6.07, 6.45) is 5.08. The largest absolute Gasteiger partial charge is 0.481 e. The van der Waals surface area contributed by atoms with Crippen LogP contribution in [0.3, 0.4) is 0 Å². The molecular formula is C15H20N2O3. The van der Waals surface area contributed by atoms with Crippen molar-refractivity contribution >= 4 is 11.9 Å². The van der Waals surface area contributed by atoms with Crippen LogP contribution < -0.4 is 5.32 Å². The number of pyridine rings is 1. The van der Waals surface area contributed by atoms with Gasteiger partial charge in [0.05, 0.1) is 5.92 Å². The number of aliphatic carboxylic acids is 1. The summed E-state index contributed by atoms with van der Waals surface area (Å²) >= 11 is 0. The fraction of sp³-hybridized carbons (Fsp3) is 0.533. The van der Waals surface area contributed by atoms with Gasteiger partial charge in [0.25, 0.3) is 5.91 Å². The lowest BCUT2D eigenvalue weighted by atomic mass is 9.86. The summed E-state index contributed by atoms with van der Waals surface area (Å²) in [6.45, 7) is 1.99. The zero-order chi connectivity index (χ0) is 14.5. The average molecular weight is 276 g/mol. The predicted molar refractivity (Wildman–Crippen MR) is 74.5 cm³/mol. The summed E-state index contributed by atoms with van der Waals surface area (Å²) in [5, 5.41) is 11.9. The highest BCUT2D eigenvalue weighted by Crippen LogP contribution is 2.24. The van der Waals surface area contributed by atoms with Gasteiger partial charge in [-0.05, 0) is 43.7 Å². The monoisotopic (exact) mass is 276 g/mol. The van der Waals surface area contributed by atoms with Crippen molar-refractivity contribution in [2.45, 2.75) is 45.1 Å². The molecule has 0 radical (unpaired) electrons. The van der Waals surface area contributed by atoms with Gasteiger partial charge < -0.3 is 10.4 Å². The van der Waals surface area contributed by atoms with Crippen LogP contribution in [0.15, 0.2) is 18.3 Å². The Kier molecular flexibility index (Phi) is 4.71. The third-order valence-electron chi connectivity index (χ3n) is 3.90. The summed E-state index contributed by atoms with van der Waals surface area (Å²) in [7, 11) is 0. The van der Waals surface area contributed by atoms with Crippen molar-refractivity contribution in [3.05, 3.63) is 29.6 Å². The molecule has 0 bridgehead atoms. The Labute approximate surface area is 118 Å². The van der Waals surface area contributed by atoms with Gasteiger partial charge in [-0.25, -0.2) is 0 Å². The fourth-order valence-corrected chi connectivity index (χ4v) is 2.67. The Morgan fingerprint density at radius 2 is 2.05 bits per heavy atom. The molecule has 1 saturated carbocycles. The van der Waals surface area contributed by atoms with E-state index in [0.717, 1.165) is 24.8 Å². The van der Waals surface area contributed by atoms with Crippen molar-refractivity contribution in [1.82, 2.24) is 10.3 Å². The van der Waals surface area contributed by atoms with E-state index in [-0.39, 0.29) is 17.9 Å². The average Bonchev–Trinajstić information content (AvgIpc) is 2.47. The normalized spacial score (nSPS) is 22.2. The molecule has 0 spiro atoms. The van der Waals surface area contributed by atoms with Gasteiger partial charge >= 0.3 is 5.97 Å². The van der Waals surface area contributed by atoms with Crippen molar-refractivity contribution in [2.24, 2.45) is 5.92 Å². The van der Waals surface area contributed by atoms with Crippen molar-refractivity contribution in [3.8, 4) is 0 Å². The number of hydrogen-bond acceptors (Lipinski definition) is 3. The van der Waals surface area contributed by atoms with Crippen LogP contribution in [0.5, 0.6) is 0 Å². The quantitative estimate of drug-likeness (QED) is 0.881. The number of amides is 1. The third-order valence-corrected chi connectivity index (χ3v) is 3.90. The Morgan fingerprint density at radius 1 is 1.35 bits per heavy atom. The Bertz CT molecular complexity index is 494. The van der Waals surface area contributed by atoms with Crippen LogP contribution in [0.25, 0.3) is 0 Å². The molecule has 1 aliphatic rings. The Morgan fingerprint density at radius 3 is 2.65 bits per heavy atom. The number of carbonyl (C=O) groups excluding carboxylic acids is 1. The van der Waals surface area contributed by atoms with E-state index in [2.05, 4.69) is 10.3 Å². The van der Waals surface area contributed by atoms with E-state index in [1.165, 1.54) is 0 Å². The maximum Gasteiger partial charge on any atom is 0.306 e. The molecule has 2 N–H and O–H groups in total. The van der Waals surface area contributed by atoms with Gasteiger partial charge in [-0.3, -0.25) is 14.6 Å². The fourth-order valence-electron chi connectivity index (χ4n) is 2.67. The minimum Gasteiger partial charge on any atom is -0.481 e. The molecule has 0 aromatic carbocycles. The first-order valence-corrected chi connectivity index (χ1v) is 7.09. The van der Waals surface area contributed by atoms with Crippen molar-refractivity contribution < 1.29 is 14.7 Å². The maximum atomic E-state index is 12.2. The number of rotatable bonds is 4. The van der Waals surface area contributed by atoms with Gasteiger partial charge in [-0.2, -0.15) is 0 Å². The number of carbonyl (C=O) groups is 2. The number of carboxylic acids is 1. The van der Waals surface area contributed by atoms with Gasteiger partial charge in [-0.15, -0.1) is 0 Å². The van der Waals surface area contributed by atoms with Gasteiger partial charge in [0.2, 0.25) is 0 Å².